The zero-order valence-electron chi connectivity index (χ0n) is 9.53. The van der Waals surface area contributed by atoms with E-state index in [2.05, 4.69) is 20.8 Å². The van der Waals surface area contributed by atoms with Crippen molar-refractivity contribution in [1.82, 2.24) is 4.90 Å². The summed E-state index contributed by atoms with van der Waals surface area (Å²) >= 11 is 3.30. The van der Waals surface area contributed by atoms with Crippen LogP contribution in [0.2, 0.25) is 0 Å². The third-order valence-electron chi connectivity index (χ3n) is 2.81. The van der Waals surface area contributed by atoms with Crippen LogP contribution in [0.15, 0.2) is 22.7 Å². The smallest absolute Gasteiger partial charge is 0.124 e. The van der Waals surface area contributed by atoms with Crippen LogP contribution in [0.1, 0.15) is 5.56 Å². The van der Waals surface area contributed by atoms with Crippen molar-refractivity contribution in [2.45, 2.75) is 12.6 Å². The fourth-order valence-electron chi connectivity index (χ4n) is 2.03. The van der Waals surface area contributed by atoms with Gasteiger partial charge in [0.05, 0.1) is 12.7 Å². The van der Waals surface area contributed by atoms with Gasteiger partial charge in [-0.25, -0.2) is 4.39 Å². The molecule has 0 saturated carbocycles. The highest BCUT2D eigenvalue weighted by Gasteiger charge is 2.19. The molecule has 1 aromatic carbocycles. The maximum atomic E-state index is 13.2. The van der Waals surface area contributed by atoms with Crippen LogP contribution < -0.4 is 5.73 Å². The van der Waals surface area contributed by atoms with E-state index in [1.54, 1.807) is 6.07 Å². The molecular formula is C12H16BrFN2O. The van der Waals surface area contributed by atoms with Crippen molar-refractivity contribution in [2.75, 3.05) is 26.2 Å². The fourth-order valence-corrected chi connectivity index (χ4v) is 2.54. The monoisotopic (exact) mass is 302 g/mol. The SMILES string of the molecule is NCC1CN(Cc2cc(F)cc(Br)c2)CCO1. The number of halogens is 2. The van der Waals surface area contributed by atoms with Gasteiger partial charge >= 0.3 is 0 Å². The number of rotatable bonds is 3. The molecule has 1 unspecified atom stereocenters. The van der Waals surface area contributed by atoms with Gasteiger partial charge in [0.25, 0.3) is 0 Å². The van der Waals surface area contributed by atoms with Crippen molar-refractivity contribution < 1.29 is 9.13 Å². The van der Waals surface area contributed by atoms with Crippen LogP contribution in [-0.2, 0) is 11.3 Å². The van der Waals surface area contributed by atoms with Crippen molar-refractivity contribution in [1.29, 1.82) is 0 Å². The molecule has 1 aromatic rings. The second kappa shape index (κ2) is 5.91. The van der Waals surface area contributed by atoms with Gasteiger partial charge in [0.1, 0.15) is 5.82 Å². The topological polar surface area (TPSA) is 38.5 Å². The Bertz CT molecular complexity index is 369. The lowest BCUT2D eigenvalue weighted by Crippen LogP contribution is -2.45. The van der Waals surface area contributed by atoms with E-state index in [0.717, 1.165) is 29.7 Å². The Balaban J connectivity index is 2.00. The Morgan fingerprint density at radius 1 is 1.47 bits per heavy atom. The molecule has 1 aliphatic rings. The molecule has 2 N–H and O–H groups in total. The van der Waals surface area contributed by atoms with Crippen molar-refractivity contribution in [3.63, 3.8) is 0 Å². The Hall–Kier alpha value is -0.490. The van der Waals surface area contributed by atoms with Crippen LogP contribution in [0.3, 0.4) is 0 Å². The summed E-state index contributed by atoms with van der Waals surface area (Å²) in [5, 5.41) is 0. The summed E-state index contributed by atoms with van der Waals surface area (Å²) in [7, 11) is 0. The van der Waals surface area contributed by atoms with Gasteiger partial charge < -0.3 is 10.5 Å². The third kappa shape index (κ3) is 3.74. The van der Waals surface area contributed by atoms with Crippen LogP contribution in [0.4, 0.5) is 4.39 Å². The maximum Gasteiger partial charge on any atom is 0.124 e. The van der Waals surface area contributed by atoms with E-state index in [9.17, 15) is 4.39 Å². The van der Waals surface area contributed by atoms with Gasteiger partial charge in [-0.1, -0.05) is 15.9 Å². The summed E-state index contributed by atoms with van der Waals surface area (Å²) in [5.74, 6) is -0.210. The first-order chi connectivity index (χ1) is 8.17. The molecule has 1 heterocycles. The van der Waals surface area contributed by atoms with E-state index in [0.29, 0.717) is 13.2 Å². The van der Waals surface area contributed by atoms with Crippen molar-refractivity contribution in [3.05, 3.63) is 34.1 Å². The summed E-state index contributed by atoms with van der Waals surface area (Å²) in [4.78, 5) is 2.24. The normalized spacial score (nSPS) is 21.7. The van der Waals surface area contributed by atoms with E-state index >= 15 is 0 Å². The highest BCUT2D eigenvalue weighted by molar-refractivity contribution is 9.10. The highest BCUT2D eigenvalue weighted by Crippen LogP contribution is 2.17. The molecule has 1 saturated heterocycles. The molecule has 1 aliphatic heterocycles. The van der Waals surface area contributed by atoms with Gasteiger partial charge in [0.2, 0.25) is 0 Å². The van der Waals surface area contributed by atoms with E-state index in [1.807, 2.05) is 6.07 Å². The Morgan fingerprint density at radius 3 is 3.00 bits per heavy atom. The van der Waals surface area contributed by atoms with Crippen molar-refractivity contribution in [2.24, 2.45) is 5.73 Å². The highest BCUT2D eigenvalue weighted by atomic mass is 79.9. The molecule has 3 nitrogen and oxygen atoms in total. The molecule has 0 aliphatic carbocycles. The van der Waals surface area contributed by atoms with Crippen molar-refractivity contribution >= 4 is 15.9 Å². The van der Waals surface area contributed by atoms with Crippen LogP contribution in [0.25, 0.3) is 0 Å². The minimum Gasteiger partial charge on any atom is -0.374 e. The number of morpholine rings is 1. The van der Waals surface area contributed by atoms with E-state index in [4.69, 9.17) is 10.5 Å². The minimum absolute atomic E-state index is 0.0979. The zero-order valence-corrected chi connectivity index (χ0v) is 11.1. The van der Waals surface area contributed by atoms with Crippen LogP contribution in [0, 0.1) is 5.82 Å². The van der Waals surface area contributed by atoms with Crippen LogP contribution in [0.5, 0.6) is 0 Å². The summed E-state index contributed by atoms with van der Waals surface area (Å²) in [6.07, 6.45) is 0.0979. The number of hydrogen-bond acceptors (Lipinski definition) is 3. The first-order valence-electron chi connectivity index (χ1n) is 5.66. The summed E-state index contributed by atoms with van der Waals surface area (Å²) in [6.45, 7) is 3.63. The second-order valence-electron chi connectivity index (χ2n) is 4.24. The first-order valence-corrected chi connectivity index (χ1v) is 6.45. The quantitative estimate of drug-likeness (QED) is 0.924. The number of nitrogens with two attached hydrogens (primary N) is 1. The average molecular weight is 303 g/mol. The molecule has 0 amide bonds. The molecule has 0 radical (unpaired) electrons. The van der Waals surface area contributed by atoms with E-state index < -0.39 is 0 Å². The van der Waals surface area contributed by atoms with Crippen molar-refractivity contribution in [3.8, 4) is 0 Å². The van der Waals surface area contributed by atoms with E-state index in [1.165, 1.54) is 6.07 Å². The lowest BCUT2D eigenvalue weighted by atomic mass is 10.2. The van der Waals surface area contributed by atoms with Gasteiger partial charge in [-0.05, 0) is 23.8 Å². The van der Waals surface area contributed by atoms with Gasteiger partial charge in [-0.2, -0.15) is 0 Å². The number of benzene rings is 1. The Labute approximate surface area is 109 Å². The third-order valence-corrected chi connectivity index (χ3v) is 3.27. The van der Waals surface area contributed by atoms with E-state index in [-0.39, 0.29) is 11.9 Å². The lowest BCUT2D eigenvalue weighted by Gasteiger charge is -2.32. The van der Waals surface area contributed by atoms with Gasteiger partial charge in [0, 0.05) is 30.7 Å². The lowest BCUT2D eigenvalue weighted by molar-refractivity contribution is -0.0260. The molecule has 0 bridgehead atoms. The summed E-state index contributed by atoms with van der Waals surface area (Å²) < 4.78 is 19.5. The number of ether oxygens (including phenoxy) is 1. The van der Waals surface area contributed by atoms with Crippen LogP contribution >= 0.6 is 15.9 Å². The van der Waals surface area contributed by atoms with Gasteiger partial charge in [-0.3, -0.25) is 4.90 Å². The molecule has 1 atom stereocenters. The number of nitrogens with zero attached hydrogens (tertiary/aromatic N) is 1. The molecule has 1 fully saturated rings. The second-order valence-corrected chi connectivity index (χ2v) is 5.16. The summed E-state index contributed by atoms with van der Waals surface area (Å²) in [5.41, 5.74) is 6.56. The van der Waals surface area contributed by atoms with Gasteiger partial charge in [0.15, 0.2) is 0 Å². The zero-order chi connectivity index (χ0) is 12.3. The molecule has 17 heavy (non-hydrogen) atoms. The average Bonchev–Trinajstić information content (AvgIpc) is 2.28. The Morgan fingerprint density at radius 2 is 2.29 bits per heavy atom. The number of hydrogen-bond donors (Lipinski definition) is 1. The first kappa shape index (κ1) is 13.0. The standard InChI is InChI=1S/C12H16BrFN2O/c13-10-3-9(4-11(14)5-10)7-16-1-2-17-12(6-15)8-16/h3-5,12H,1-2,6-8,15H2. The Kier molecular flexibility index (Phi) is 4.50. The minimum atomic E-state index is -0.210. The van der Waals surface area contributed by atoms with Crippen LogP contribution in [-0.4, -0.2) is 37.2 Å². The summed E-state index contributed by atoms with van der Waals surface area (Å²) in [6, 6.07) is 4.97. The molecule has 2 rings (SSSR count). The van der Waals surface area contributed by atoms with Gasteiger partial charge in [-0.15, -0.1) is 0 Å². The molecular weight excluding hydrogens is 287 g/mol. The molecule has 94 valence electrons. The maximum absolute atomic E-state index is 13.2. The predicted molar refractivity (Wildman–Crippen MR) is 68.2 cm³/mol. The molecule has 5 heteroatoms. The predicted octanol–water partition coefficient (Wildman–Crippen LogP) is 1.75. The largest absolute Gasteiger partial charge is 0.374 e. The molecule has 0 aromatic heterocycles. The molecule has 0 spiro atoms. The fraction of sp³-hybridized carbons (Fsp3) is 0.500.